The van der Waals surface area contributed by atoms with Crippen molar-refractivity contribution in [2.75, 3.05) is 12.3 Å². The van der Waals surface area contributed by atoms with E-state index in [0.717, 1.165) is 22.9 Å². The van der Waals surface area contributed by atoms with Gasteiger partial charge in [-0.05, 0) is 42.8 Å². The van der Waals surface area contributed by atoms with E-state index in [-0.39, 0.29) is 24.7 Å². The number of amides is 1. The summed E-state index contributed by atoms with van der Waals surface area (Å²) in [5, 5.41) is 9.41. The number of hydrogen-bond acceptors (Lipinski definition) is 7. The molecule has 1 heterocycles. The smallest absolute Gasteiger partial charge is 0.223 e. The van der Waals surface area contributed by atoms with Crippen molar-refractivity contribution in [1.82, 2.24) is 14.9 Å². The molecule has 1 amide bonds. The van der Waals surface area contributed by atoms with Gasteiger partial charge in [-0.25, -0.2) is 9.97 Å². The lowest BCUT2D eigenvalue weighted by atomic mass is 10.0. The average Bonchev–Trinajstić information content (AvgIpc) is 2.83. The fraction of sp³-hybridized carbons (Fsp3) is 0.200. The standard InChI is InChI=1S/C25H26N4O3S/c1-17(29(16-31)15-22-14-27-18(2)28-24(22)26)23(11-12-30)33-25(32)21-10-6-9-20(13-21)19-7-4-3-5-8-19/h3-10,13-14,16,30H,11-12,15H2,1-2H3,(H2,26,27,28). The summed E-state index contributed by atoms with van der Waals surface area (Å²) in [6.07, 6.45) is 2.50. The van der Waals surface area contributed by atoms with Crippen molar-refractivity contribution < 1.29 is 14.7 Å². The van der Waals surface area contributed by atoms with Crippen molar-refractivity contribution in [2.24, 2.45) is 0 Å². The molecule has 0 spiro atoms. The summed E-state index contributed by atoms with van der Waals surface area (Å²) in [5.41, 5.74) is 9.63. The minimum Gasteiger partial charge on any atom is -0.396 e. The molecular weight excluding hydrogens is 436 g/mol. The van der Waals surface area contributed by atoms with E-state index in [1.165, 1.54) is 4.90 Å². The highest BCUT2D eigenvalue weighted by Crippen LogP contribution is 2.30. The summed E-state index contributed by atoms with van der Waals surface area (Å²) in [5.74, 6) is 0.841. The molecule has 3 N–H and O–H groups in total. The van der Waals surface area contributed by atoms with Gasteiger partial charge in [0.25, 0.3) is 0 Å². The maximum Gasteiger partial charge on any atom is 0.223 e. The van der Waals surface area contributed by atoms with E-state index < -0.39 is 0 Å². The van der Waals surface area contributed by atoms with Crippen LogP contribution in [-0.4, -0.2) is 38.1 Å². The lowest BCUT2D eigenvalue weighted by Crippen LogP contribution is -2.22. The van der Waals surface area contributed by atoms with Crippen molar-refractivity contribution >= 4 is 29.1 Å². The van der Waals surface area contributed by atoms with Crippen LogP contribution in [0.15, 0.2) is 71.4 Å². The Morgan fingerprint density at radius 3 is 2.55 bits per heavy atom. The molecule has 3 rings (SSSR count). The zero-order valence-corrected chi connectivity index (χ0v) is 19.4. The lowest BCUT2D eigenvalue weighted by molar-refractivity contribution is -0.116. The molecule has 33 heavy (non-hydrogen) atoms. The summed E-state index contributed by atoms with van der Waals surface area (Å²) in [6, 6.07) is 17.2. The topological polar surface area (TPSA) is 109 Å². The van der Waals surface area contributed by atoms with E-state index in [9.17, 15) is 14.7 Å². The fourth-order valence-electron chi connectivity index (χ4n) is 3.25. The van der Waals surface area contributed by atoms with Gasteiger partial charge < -0.3 is 15.7 Å². The van der Waals surface area contributed by atoms with Crippen LogP contribution in [0.25, 0.3) is 11.1 Å². The average molecular weight is 463 g/mol. The number of rotatable bonds is 9. The number of aryl methyl sites for hydroxylation is 1. The van der Waals surface area contributed by atoms with E-state index in [2.05, 4.69) is 9.97 Å². The number of thioether (sulfide) groups is 1. The molecule has 0 fully saturated rings. The van der Waals surface area contributed by atoms with Gasteiger partial charge in [0.2, 0.25) is 11.5 Å². The maximum absolute atomic E-state index is 13.1. The molecule has 1 aromatic heterocycles. The molecule has 0 aliphatic heterocycles. The van der Waals surface area contributed by atoms with Crippen LogP contribution in [0.1, 0.15) is 35.1 Å². The van der Waals surface area contributed by atoms with Crippen LogP contribution < -0.4 is 5.73 Å². The number of allylic oxidation sites excluding steroid dienone is 1. The third kappa shape index (κ3) is 6.27. The van der Waals surface area contributed by atoms with Crippen LogP contribution in [0.3, 0.4) is 0 Å². The molecule has 0 bridgehead atoms. The van der Waals surface area contributed by atoms with Gasteiger partial charge in [-0.15, -0.1) is 0 Å². The molecule has 0 saturated heterocycles. The zero-order chi connectivity index (χ0) is 23.8. The number of carbonyl (C=O) groups excluding carboxylic acids is 2. The van der Waals surface area contributed by atoms with Gasteiger partial charge in [0.15, 0.2) is 0 Å². The van der Waals surface area contributed by atoms with Crippen LogP contribution >= 0.6 is 11.8 Å². The molecule has 3 aromatic rings. The molecule has 0 saturated carbocycles. The number of aliphatic hydroxyl groups excluding tert-OH is 1. The first-order valence-corrected chi connectivity index (χ1v) is 11.2. The predicted molar refractivity (Wildman–Crippen MR) is 131 cm³/mol. The number of aliphatic hydroxyl groups is 1. The monoisotopic (exact) mass is 462 g/mol. The van der Waals surface area contributed by atoms with Gasteiger partial charge >= 0.3 is 0 Å². The Bertz CT molecular complexity index is 1170. The van der Waals surface area contributed by atoms with Crippen LogP contribution in [-0.2, 0) is 11.3 Å². The van der Waals surface area contributed by atoms with Crippen molar-refractivity contribution in [2.45, 2.75) is 26.8 Å². The number of nitrogens with two attached hydrogens (primary N) is 1. The Hall–Kier alpha value is -3.49. The number of nitrogens with zero attached hydrogens (tertiary/aromatic N) is 3. The number of benzene rings is 2. The van der Waals surface area contributed by atoms with Crippen LogP contribution in [0, 0.1) is 6.92 Å². The minimum atomic E-state index is -0.167. The van der Waals surface area contributed by atoms with Crippen LogP contribution in [0.2, 0.25) is 0 Å². The van der Waals surface area contributed by atoms with Crippen molar-refractivity contribution in [1.29, 1.82) is 0 Å². The number of nitrogen functional groups attached to an aromatic ring is 1. The molecule has 0 unspecified atom stereocenters. The first-order valence-electron chi connectivity index (χ1n) is 10.4. The van der Waals surface area contributed by atoms with Crippen LogP contribution in [0.4, 0.5) is 5.82 Å². The SMILES string of the molecule is CC(=C(CCO)SC(=O)c1cccc(-c2ccccc2)c1)N(C=O)Cc1cnc(C)nc1N. The Morgan fingerprint density at radius 1 is 1.15 bits per heavy atom. The Labute approximate surface area is 197 Å². The molecule has 8 heteroatoms. The van der Waals surface area contributed by atoms with E-state index in [0.29, 0.717) is 39.8 Å². The van der Waals surface area contributed by atoms with E-state index in [1.54, 1.807) is 26.1 Å². The fourth-order valence-corrected chi connectivity index (χ4v) is 4.17. The van der Waals surface area contributed by atoms with E-state index in [4.69, 9.17) is 5.73 Å². The Balaban J connectivity index is 1.85. The number of carbonyl (C=O) groups is 2. The number of aromatic nitrogens is 2. The van der Waals surface area contributed by atoms with Gasteiger partial charge in [0.1, 0.15) is 11.6 Å². The summed E-state index contributed by atoms with van der Waals surface area (Å²) >= 11 is 1.01. The second-order valence-corrected chi connectivity index (χ2v) is 8.45. The highest BCUT2D eigenvalue weighted by atomic mass is 32.2. The van der Waals surface area contributed by atoms with Crippen LogP contribution in [0.5, 0.6) is 0 Å². The first kappa shape index (κ1) is 24.2. The second kappa shape index (κ2) is 11.4. The van der Waals surface area contributed by atoms with Crippen molar-refractivity contribution in [3.05, 3.63) is 88.3 Å². The predicted octanol–water partition coefficient (Wildman–Crippen LogP) is 4.18. The third-order valence-corrected chi connectivity index (χ3v) is 6.25. The van der Waals surface area contributed by atoms with Gasteiger partial charge in [0, 0.05) is 41.0 Å². The van der Waals surface area contributed by atoms with Crippen molar-refractivity contribution in [3.8, 4) is 11.1 Å². The summed E-state index contributed by atoms with van der Waals surface area (Å²) in [6.45, 7) is 3.48. The number of anilines is 1. The molecule has 170 valence electrons. The van der Waals surface area contributed by atoms with E-state index in [1.807, 2.05) is 48.5 Å². The minimum absolute atomic E-state index is 0.153. The van der Waals surface area contributed by atoms with E-state index >= 15 is 0 Å². The lowest BCUT2D eigenvalue weighted by Gasteiger charge is -2.22. The van der Waals surface area contributed by atoms with Gasteiger partial charge in [-0.3, -0.25) is 9.59 Å². The van der Waals surface area contributed by atoms with Crippen molar-refractivity contribution in [3.63, 3.8) is 0 Å². The summed E-state index contributed by atoms with van der Waals surface area (Å²) in [4.78, 5) is 35.2. The molecule has 0 radical (unpaired) electrons. The molecule has 0 aliphatic carbocycles. The first-order chi connectivity index (χ1) is 15.9. The third-order valence-electron chi connectivity index (χ3n) is 5.08. The largest absolute Gasteiger partial charge is 0.396 e. The normalized spacial score (nSPS) is 11.6. The highest BCUT2D eigenvalue weighted by molar-refractivity contribution is 8.17. The molecule has 0 aliphatic rings. The number of hydrogen-bond donors (Lipinski definition) is 2. The van der Waals surface area contributed by atoms with Gasteiger partial charge in [-0.1, -0.05) is 48.5 Å². The Morgan fingerprint density at radius 2 is 1.88 bits per heavy atom. The zero-order valence-electron chi connectivity index (χ0n) is 18.6. The van der Waals surface area contributed by atoms with Gasteiger partial charge in [0.05, 0.1) is 6.54 Å². The molecule has 7 nitrogen and oxygen atoms in total. The Kier molecular flexibility index (Phi) is 8.34. The molecule has 0 atom stereocenters. The summed E-state index contributed by atoms with van der Waals surface area (Å²) < 4.78 is 0. The summed E-state index contributed by atoms with van der Waals surface area (Å²) in [7, 11) is 0. The maximum atomic E-state index is 13.1. The molecule has 2 aromatic carbocycles. The highest BCUT2D eigenvalue weighted by Gasteiger charge is 2.18. The quantitative estimate of drug-likeness (QED) is 0.459. The molecular formula is C25H26N4O3S. The van der Waals surface area contributed by atoms with Gasteiger partial charge in [-0.2, -0.15) is 0 Å². The second-order valence-electron chi connectivity index (χ2n) is 7.38.